The van der Waals surface area contributed by atoms with Crippen LogP contribution in [0.2, 0.25) is 0 Å². The summed E-state index contributed by atoms with van der Waals surface area (Å²) in [5.41, 5.74) is 6.33. The number of hydrogen-bond acceptors (Lipinski definition) is 6. The van der Waals surface area contributed by atoms with Crippen molar-refractivity contribution in [2.45, 2.75) is 4.21 Å². The van der Waals surface area contributed by atoms with Gasteiger partial charge >= 0.3 is 5.97 Å². The number of anilines is 1. The molecule has 0 spiro atoms. The van der Waals surface area contributed by atoms with E-state index < -0.39 is 5.97 Å². The Morgan fingerprint density at radius 2 is 2.00 bits per heavy atom. The fourth-order valence-electron chi connectivity index (χ4n) is 1.22. The lowest BCUT2D eigenvalue weighted by molar-refractivity contribution is 0.0599. The van der Waals surface area contributed by atoms with Gasteiger partial charge in [-0.15, -0.1) is 23.1 Å². The number of amides is 1. The molecule has 17 heavy (non-hydrogen) atoms. The Balaban J connectivity index is 3.33. The molecule has 1 amide bonds. The highest BCUT2D eigenvalue weighted by atomic mass is 32.2. The molecule has 0 saturated carbocycles. The highest BCUT2D eigenvalue weighted by molar-refractivity contribution is 8.00. The van der Waals surface area contributed by atoms with Crippen LogP contribution in [0.15, 0.2) is 4.21 Å². The number of esters is 1. The molecule has 7 heteroatoms. The van der Waals surface area contributed by atoms with Gasteiger partial charge in [-0.05, 0) is 6.26 Å². The zero-order valence-corrected chi connectivity index (χ0v) is 11.7. The smallest absolute Gasteiger partial charge is 0.342 e. The van der Waals surface area contributed by atoms with Crippen molar-refractivity contribution in [3.05, 3.63) is 10.4 Å². The average molecular weight is 274 g/mol. The number of carbonyl (C=O) groups excluding carboxylic acids is 2. The second-order valence-electron chi connectivity index (χ2n) is 3.40. The van der Waals surface area contributed by atoms with Crippen molar-refractivity contribution in [2.24, 2.45) is 0 Å². The predicted molar refractivity (Wildman–Crippen MR) is 69.9 cm³/mol. The Hall–Kier alpha value is -1.21. The van der Waals surface area contributed by atoms with Crippen LogP contribution in [0, 0.1) is 0 Å². The largest absolute Gasteiger partial charge is 0.465 e. The zero-order chi connectivity index (χ0) is 13.2. The van der Waals surface area contributed by atoms with Gasteiger partial charge in [0, 0.05) is 14.1 Å². The highest BCUT2D eigenvalue weighted by Gasteiger charge is 2.26. The maximum atomic E-state index is 11.9. The molecule has 1 aromatic rings. The molecule has 0 atom stereocenters. The molecule has 0 unspecified atom stereocenters. The Morgan fingerprint density at radius 3 is 2.41 bits per heavy atom. The minimum atomic E-state index is -0.513. The van der Waals surface area contributed by atoms with E-state index in [9.17, 15) is 9.59 Å². The van der Waals surface area contributed by atoms with Crippen LogP contribution in [0.1, 0.15) is 20.0 Å². The van der Waals surface area contributed by atoms with Gasteiger partial charge in [0.05, 0.1) is 17.0 Å². The second-order valence-corrected chi connectivity index (χ2v) is 5.50. The molecule has 0 fully saturated rings. The third-order valence-electron chi connectivity index (χ3n) is 2.09. The number of rotatable bonds is 3. The van der Waals surface area contributed by atoms with E-state index in [0.29, 0.717) is 9.09 Å². The van der Waals surface area contributed by atoms with Crippen LogP contribution in [0.4, 0.5) is 5.69 Å². The molecule has 1 heterocycles. The summed E-state index contributed by atoms with van der Waals surface area (Å²) in [6.07, 6.45) is 1.82. The summed E-state index contributed by atoms with van der Waals surface area (Å²) in [5.74, 6) is -0.723. The lowest BCUT2D eigenvalue weighted by Crippen LogP contribution is -2.21. The van der Waals surface area contributed by atoms with E-state index in [1.165, 1.54) is 35.1 Å². The van der Waals surface area contributed by atoms with Crippen molar-refractivity contribution in [1.82, 2.24) is 4.90 Å². The van der Waals surface area contributed by atoms with Crippen molar-refractivity contribution in [3.8, 4) is 0 Å². The lowest BCUT2D eigenvalue weighted by Gasteiger charge is -2.08. The van der Waals surface area contributed by atoms with Crippen LogP contribution in [0.25, 0.3) is 0 Å². The first-order valence-corrected chi connectivity index (χ1v) is 6.74. The van der Waals surface area contributed by atoms with Crippen LogP contribution in [0.3, 0.4) is 0 Å². The minimum Gasteiger partial charge on any atom is -0.465 e. The summed E-state index contributed by atoms with van der Waals surface area (Å²) in [6.45, 7) is 0. The van der Waals surface area contributed by atoms with E-state index in [-0.39, 0.29) is 17.2 Å². The first kappa shape index (κ1) is 13.9. The molecule has 2 N–H and O–H groups in total. The first-order valence-electron chi connectivity index (χ1n) is 4.70. The first-order chi connectivity index (χ1) is 7.93. The van der Waals surface area contributed by atoms with Gasteiger partial charge in [-0.2, -0.15) is 0 Å². The summed E-state index contributed by atoms with van der Waals surface area (Å²) in [7, 11) is 4.56. The summed E-state index contributed by atoms with van der Waals surface area (Å²) in [5, 5.41) is 0. The predicted octanol–water partition coefficient (Wildman–Crippen LogP) is 1.54. The fraction of sp³-hybridized carbons (Fsp3) is 0.400. The summed E-state index contributed by atoms with van der Waals surface area (Å²) in [6, 6.07) is 0. The van der Waals surface area contributed by atoms with Crippen LogP contribution >= 0.6 is 23.1 Å². The normalized spacial score (nSPS) is 10.1. The zero-order valence-electron chi connectivity index (χ0n) is 10.1. The molecule has 0 aromatic carbocycles. The maximum Gasteiger partial charge on any atom is 0.342 e. The Kier molecular flexibility index (Phi) is 4.41. The molecule has 0 aliphatic carbocycles. The summed E-state index contributed by atoms with van der Waals surface area (Å²) < 4.78 is 5.36. The van der Waals surface area contributed by atoms with Crippen molar-refractivity contribution < 1.29 is 14.3 Å². The van der Waals surface area contributed by atoms with Crippen LogP contribution in [-0.2, 0) is 4.74 Å². The number of methoxy groups -OCH3 is 1. The molecule has 0 radical (unpaired) electrons. The fourth-order valence-corrected chi connectivity index (χ4v) is 3.17. The second kappa shape index (κ2) is 5.42. The molecule has 0 bridgehead atoms. The molecule has 0 aliphatic rings. The monoisotopic (exact) mass is 274 g/mol. The number of hydrogen-bond donors (Lipinski definition) is 1. The molecule has 0 aliphatic heterocycles. The number of nitrogens with zero attached hydrogens (tertiary/aromatic N) is 1. The Bertz CT molecular complexity index is 455. The van der Waals surface area contributed by atoms with E-state index in [2.05, 4.69) is 4.74 Å². The molecule has 0 saturated heterocycles. The third-order valence-corrected chi connectivity index (χ3v) is 4.40. The number of carbonyl (C=O) groups is 2. The van der Waals surface area contributed by atoms with Crippen LogP contribution < -0.4 is 5.73 Å². The number of nitrogens with two attached hydrogens (primary N) is 1. The van der Waals surface area contributed by atoms with Gasteiger partial charge < -0.3 is 15.4 Å². The number of ether oxygens (including phenoxy) is 1. The SMILES string of the molecule is COC(=O)c1c(SC)sc(C(=O)N(C)C)c1N. The number of nitrogen functional groups attached to an aromatic ring is 1. The van der Waals surface area contributed by atoms with E-state index >= 15 is 0 Å². The van der Waals surface area contributed by atoms with Crippen molar-refractivity contribution >= 4 is 40.7 Å². The van der Waals surface area contributed by atoms with Gasteiger partial charge in [0.2, 0.25) is 0 Å². The average Bonchev–Trinajstić information content (AvgIpc) is 2.64. The van der Waals surface area contributed by atoms with Gasteiger partial charge in [-0.1, -0.05) is 0 Å². The Morgan fingerprint density at radius 1 is 1.41 bits per heavy atom. The summed E-state index contributed by atoms with van der Waals surface area (Å²) in [4.78, 5) is 25.2. The molecular weight excluding hydrogens is 260 g/mol. The van der Waals surface area contributed by atoms with Crippen molar-refractivity contribution in [1.29, 1.82) is 0 Å². The van der Waals surface area contributed by atoms with E-state index in [0.717, 1.165) is 0 Å². The van der Waals surface area contributed by atoms with E-state index in [1.807, 2.05) is 6.26 Å². The van der Waals surface area contributed by atoms with Crippen molar-refractivity contribution in [3.63, 3.8) is 0 Å². The van der Waals surface area contributed by atoms with E-state index in [1.54, 1.807) is 14.1 Å². The topological polar surface area (TPSA) is 72.6 Å². The standard InChI is InChI=1S/C10H14N2O3S2/c1-12(2)8(13)7-6(11)5(9(14)15-3)10(16-4)17-7/h11H2,1-4H3. The Labute approximate surface area is 108 Å². The van der Waals surface area contributed by atoms with Gasteiger partial charge in [0.15, 0.2) is 0 Å². The van der Waals surface area contributed by atoms with Crippen LogP contribution in [0.5, 0.6) is 0 Å². The molecule has 5 nitrogen and oxygen atoms in total. The van der Waals surface area contributed by atoms with Gasteiger partial charge in [-0.3, -0.25) is 4.79 Å². The molecule has 1 aromatic heterocycles. The van der Waals surface area contributed by atoms with Gasteiger partial charge in [0.1, 0.15) is 10.4 Å². The quantitative estimate of drug-likeness (QED) is 0.668. The van der Waals surface area contributed by atoms with E-state index in [4.69, 9.17) is 5.73 Å². The number of thiophene rings is 1. The van der Waals surface area contributed by atoms with Gasteiger partial charge in [0.25, 0.3) is 5.91 Å². The molecular formula is C10H14N2O3S2. The van der Waals surface area contributed by atoms with Crippen LogP contribution in [-0.4, -0.2) is 44.2 Å². The minimum absolute atomic E-state index is 0.199. The molecule has 1 rings (SSSR count). The summed E-state index contributed by atoms with van der Waals surface area (Å²) >= 11 is 2.58. The van der Waals surface area contributed by atoms with Gasteiger partial charge in [-0.25, -0.2) is 4.79 Å². The number of thioether (sulfide) groups is 1. The maximum absolute atomic E-state index is 11.9. The highest BCUT2D eigenvalue weighted by Crippen LogP contribution is 2.37. The third kappa shape index (κ3) is 2.55. The molecule has 94 valence electrons. The lowest BCUT2D eigenvalue weighted by atomic mass is 10.2. The van der Waals surface area contributed by atoms with Crippen molar-refractivity contribution in [2.75, 3.05) is 33.2 Å².